The van der Waals surface area contributed by atoms with Gasteiger partial charge in [-0.2, -0.15) is 15.0 Å². The van der Waals surface area contributed by atoms with Gasteiger partial charge in [-0.1, -0.05) is 44.5 Å². The average molecular weight is 635 g/mol. The van der Waals surface area contributed by atoms with Crippen LogP contribution in [0.25, 0.3) is 0 Å². The fourth-order valence-electron chi connectivity index (χ4n) is 4.93. The summed E-state index contributed by atoms with van der Waals surface area (Å²) < 4.78 is 10.9. The number of ketones is 1. The monoisotopic (exact) mass is 634 g/mol. The van der Waals surface area contributed by atoms with Gasteiger partial charge in [0.2, 0.25) is 17.8 Å². The molecule has 1 aliphatic heterocycles. The number of rotatable bonds is 20. The third-order valence-corrected chi connectivity index (χ3v) is 7.56. The Kier molecular flexibility index (Phi) is 13.9. The maximum Gasteiger partial charge on any atom is 0.269 e. The second-order valence-corrected chi connectivity index (χ2v) is 11.1. The second-order valence-electron chi connectivity index (χ2n) is 11.1. The van der Waals surface area contributed by atoms with Crippen molar-refractivity contribution in [3.8, 4) is 0 Å². The van der Waals surface area contributed by atoms with E-state index in [-0.39, 0.29) is 16.4 Å². The fraction of sp³-hybridized carbons (Fsp3) is 0.515. The Balaban J connectivity index is 1.30. The van der Waals surface area contributed by atoms with Gasteiger partial charge in [0.05, 0.1) is 18.1 Å². The predicted molar refractivity (Wildman–Crippen MR) is 180 cm³/mol. The zero-order valence-corrected chi connectivity index (χ0v) is 26.9. The Morgan fingerprint density at radius 3 is 2.11 bits per heavy atom. The Labute approximate surface area is 270 Å². The van der Waals surface area contributed by atoms with Crippen LogP contribution in [-0.4, -0.2) is 84.8 Å². The highest BCUT2D eigenvalue weighted by molar-refractivity contribution is 5.96. The lowest BCUT2D eigenvalue weighted by atomic mass is 10.0. The van der Waals surface area contributed by atoms with Crippen LogP contribution in [0.5, 0.6) is 0 Å². The summed E-state index contributed by atoms with van der Waals surface area (Å²) >= 11 is 0. The zero-order valence-electron chi connectivity index (χ0n) is 26.9. The van der Waals surface area contributed by atoms with E-state index in [9.17, 15) is 14.9 Å². The largest absolute Gasteiger partial charge is 0.379 e. The summed E-state index contributed by atoms with van der Waals surface area (Å²) in [5, 5.41) is 17.7. The van der Waals surface area contributed by atoms with Gasteiger partial charge in [-0.3, -0.25) is 14.9 Å². The molecule has 1 fully saturated rings. The second kappa shape index (κ2) is 18.6. The summed E-state index contributed by atoms with van der Waals surface area (Å²) in [4.78, 5) is 41.6. The molecule has 1 aliphatic rings. The minimum Gasteiger partial charge on any atom is -0.379 e. The summed E-state index contributed by atoms with van der Waals surface area (Å²) in [5.74, 6) is 1.70. The van der Waals surface area contributed by atoms with Crippen molar-refractivity contribution < 1.29 is 19.2 Å². The molecule has 1 aromatic heterocycles. The smallest absolute Gasteiger partial charge is 0.269 e. The number of carbonyl (C=O) groups excluding carboxylic acids is 1. The Bertz CT molecular complexity index is 1370. The number of benzene rings is 2. The van der Waals surface area contributed by atoms with E-state index in [2.05, 4.69) is 39.3 Å². The van der Waals surface area contributed by atoms with Gasteiger partial charge in [0.15, 0.2) is 5.78 Å². The van der Waals surface area contributed by atoms with Gasteiger partial charge < -0.3 is 29.9 Å². The number of anilines is 4. The molecule has 4 rings (SSSR count). The lowest BCUT2D eigenvalue weighted by Crippen LogP contribution is -2.47. The highest BCUT2D eigenvalue weighted by Crippen LogP contribution is 2.23. The molecule has 0 unspecified atom stereocenters. The lowest BCUT2D eigenvalue weighted by Gasteiger charge is -2.36. The third kappa shape index (κ3) is 10.9. The molecule has 3 aromatic rings. The molecule has 248 valence electrons. The van der Waals surface area contributed by atoms with Crippen molar-refractivity contribution in [1.29, 1.82) is 0 Å². The van der Waals surface area contributed by atoms with Crippen molar-refractivity contribution in [2.75, 3.05) is 79.6 Å². The quantitative estimate of drug-likeness (QED) is 0.0716. The minimum absolute atomic E-state index is 0.0845. The molecule has 0 atom stereocenters. The van der Waals surface area contributed by atoms with Gasteiger partial charge in [-0.15, -0.1) is 0 Å². The number of aromatic nitrogens is 3. The molecule has 2 heterocycles. The highest BCUT2D eigenvalue weighted by Gasteiger charge is 2.21. The number of carbonyl (C=O) groups is 1. The normalized spacial score (nSPS) is 13.1. The van der Waals surface area contributed by atoms with Crippen LogP contribution in [0.3, 0.4) is 0 Å². The highest BCUT2D eigenvalue weighted by atomic mass is 16.6. The summed E-state index contributed by atoms with van der Waals surface area (Å²) in [6, 6.07) is 14.3. The van der Waals surface area contributed by atoms with Crippen molar-refractivity contribution in [3.63, 3.8) is 0 Å². The van der Waals surface area contributed by atoms with E-state index < -0.39 is 0 Å². The van der Waals surface area contributed by atoms with Crippen LogP contribution in [0.15, 0.2) is 48.5 Å². The van der Waals surface area contributed by atoms with Crippen molar-refractivity contribution in [2.24, 2.45) is 0 Å². The summed E-state index contributed by atoms with van der Waals surface area (Å²) in [7, 11) is 0. The summed E-state index contributed by atoms with van der Waals surface area (Å²) in [6.45, 7) is 10.8. The van der Waals surface area contributed by atoms with E-state index in [0.717, 1.165) is 56.8 Å². The summed E-state index contributed by atoms with van der Waals surface area (Å²) in [5.41, 5.74) is 2.73. The number of nitro groups is 1. The number of unbranched alkanes of at least 4 members (excludes halogenated alkanes) is 1. The van der Waals surface area contributed by atoms with Gasteiger partial charge in [0.1, 0.15) is 0 Å². The molecule has 0 bridgehead atoms. The van der Waals surface area contributed by atoms with Crippen molar-refractivity contribution in [3.05, 3.63) is 69.8 Å². The van der Waals surface area contributed by atoms with Gasteiger partial charge >= 0.3 is 0 Å². The maximum absolute atomic E-state index is 12.6. The van der Waals surface area contributed by atoms with E-state index >= 15 is 0 Å². The fourth-order valence-corrected chi connectivity index (χ4v) is 4.93. The molecule has 13 heteroatoms. The number of hydrogen-bond donors (Lipinski definition) is 2. The van der Waals surface area contributed by atoms with Crippen molar-refractivity contribution >= 4 is 35.0 Å². The lowest BCUT2D eigenvalue weighted by molar-refractivity contribution is -0.384. The molecule has 46 heavy (non-hydrogen) atoms. The summed E-state index contributed by atoms with van der Waals surface area (Å²) in [6.07, 6.45) is 4.17. The van der Waals surface area contributed by atoms with Crippen LogP contribution in [0.4, 0.5) is 29.2 Å². The number of nitrogens with zero attached hydrogens (tertiary/aromatic N) is 6. The average Bonchev–Trinajstić information content (AvgIpc) is 3.09. The first-order chi connectivity index (χ1) is 22.5. The molecule has 0 radical (unpaired) electrons. The Morgan fingerprint density at radius 1 is 0.804 bits per heavy atom. The topological polar surface area (TPSA) is 148 Å². The molecule has 0 saturated carbocycles. The van der Waals surface area contributed by atoms with Crippen molar-refractivity contribution in [1.82, 2.24) is 15.0 Å². The molecule has 13 nitrogen and oxygen atoms in total. The molecule has 0 amide bonds. The van der Waals surface area contributed by atoms with Crippen LogP contribution in [-0.2, 0) is 16.0 Å². The standard InChI is InChI=1S/C33H46N8O5/c1-3-5-16-34-31-36-32(35-25-26-8-10-27(11-9-26)30(42)7-6-22-46-24-23-45-21-4-2)38-33(37-31)40-19-17-39(18-20-40)28-12-14-29(15-13-28)41(43)44/h8-15H,3-7,16-25H2,1-2H3,(H2,34,35,36,37,38). The number of hydrogen-bond acceptors (Lipinski definition) is 12. The van der Waals surface area contributed by atoms with Crippen LogP contribution < -0.4 is 20.4 Å². The van der Waals surface area contributed by atoms with Gasteiger partial charge in [0, 0.05) is 82.3 Å². The van der Waals surface area contributed by atoms with E-state index in [0.29, 0.717) is 75.7 Å². The first-order valence-electron chi connectivity index (χ1n) is 16.2. The van der Waals surface area contributed by atoms with Crippen LogP contribution in [0, 0.1) is 10.1 Å². The van der Waals surface area contributed by atoms with Gasteiger partial charge in [-0.05, 0) is 37.0 Å². The van der Waals surface area contributed by atoms with Crippen LogP contribution >= 0.6 is 0 Å². The number of non-ortho nitro benzene ring substituents is 1. The molecular formula is C33H46N8O5. The Morgan fingerprint density at radius 2 is 1.46 bits per heavy atom. The number of piperazine rings is 1. The number of ether oxygens (including phenoxy) is 2. The molecule has 1 saturated heterocycles. The number of nitro benzene ring substituents is 1. The van der Waals surface area contributed by atoms with E-state index in [4.69, 9.17) is 19.4 Å². The maximum atomic E-state index is 12.6. The first kappa shape index (κ1) is 34.5. The van der Waals surface area contributed by atoms with Crippen LogP contribution in [0.2, 0.25) is 0 Å². The molecule has 0 spiro atoms. The van der Waals surface area contributed by atoms with E-state index in [1.54, 1.807) is 12.1 Å². The Hall–Kier alpha value is -4.36. The number of nitrogens with one attached hydrogen (secondary N) is 2. The third-order valence-electron chi connectivity index (χ3n) is 7.56. The zero-order chi connectivity index (χ0) is 32.6. The van der Waals surface area contributed by atoms with E-state index in [1.165, 1.54) is 12.1 Å². The van der Waals surface area contributed by atoms with Crippen LogP contribution in [0.1, 0.15) is 61.9 Å². The number of Topliss-reactive ketones (excluding diaryl/α,β-unsaturated/α-hetero) is 1. The first-order valence-corrected chi connectivity index (χ1v) is 16.2. The minimum atomic E-state index is -0.386. The van der Waals surface area contributed by atoms with E-state index in [1.807, 2.05) is 24.3 Å². The SMILES string of the molecule is CCCCNc1nc(NCc2ccc(C(=O)CCCOCCOCCC)cc2)nc(N2CCN(c3ccc([N+](=O)[O-])cc3)CC2)n1. The van der Waals surface area contributed by atoms with Gasteiger partial charge in [-0.25, -0.2) is 0 Å². The molecule has 2 N–H and O–H groups in total. The van der Waals surface area contributed by atoms with Gasteiger partial charge in [0.25, 0.3) is 5.69 Å². The molecule has 2 aromatic carbocycles. The molecular weight excluding hydrogens is 588 g/mol. The molecule has 0 aliphatic carbocycles. The predicted octanol–water partition coefficient (Wildman–Crippen LogP) is 5.34. The van der Waals surface area contributed by atoms with Crippen molar-refractivity contribution in [2.45, 2.75) is 52.5 Å².